The predicted molar refractivity (Wildman–Crippen MR) is 62.3 cm³/mol. The Hall–Kier alpha value is -1.08. The van der Waals surface area contributed by atoms with Gasteiger partial charge in [0.1, 0.15) is 0 Å². The molecule has 0 aliphatic carbocycles. The van der Waals surface area contributed by atoms with Crippen LogP contribution in [0.1, 0.15) is 10.5 Å². The molecule has 1 aliphatic heterocycles. The lowest BCUT2D eigenvalue weighted by molar-refractivity contribution is 0.0766. The summed E-state index contributed by atoms with van der Waals surface area (Å²) in [4.78, 5) is 13.8. The topological polar surface area (TPSA) is 77.0 Å². The fourth-order valence-corrected chi connectivity index (χ4v) is 2.47. The molecule has 0 spiro atoms. The Bertz CT molecular complexity index is 361. The molecule has 0 bridgehead atoms. The summed E-state index contributed by atoms with van der Waals surface area (Å²) in [6.45, 7) is 2.69. The van der Waals surface area contributed by atoms with Crippen molar-refractivity contribution in [2.75, 3.05) is 31.1 Å². The molecule has 1 aliphatic rings. The highest BCUT2D eigenvalue weighted by molar-refractivity contribution is 7.99. The lowest BCUT2D eigenvalue weighted by Crippen LogP contribution is -2.38. The van der Waals surface area contributed by atoms with E-state index < -0.39 is 0 Å². The zero-order valence-corrected chi connectivity index (χ0v) is 9.82. The largest absolute Gasteiger partial charge is 0.336 e. The van der Waals surface area contributed by atoms with E-state index in [1.54, 1.807) is 10.9 Å². The Morgan fingerprint density at radius 1 is 1.50 bits per heavy atom. The molecule has 2 rings (SSSR count). The Labute approximate surface area is 98.2 Å². The van der Waals surface area contributed by atoms with E-state index in [0.717, 1.165) is 24.6 Å². The number of nitrogens with two attached hydrogens (primary N) is 1. The normalized spacial score (nSPS) is 16.4. The van der Waals surface area contributed by atoms with Gasteiger partial charge in [0.2, 0.25) is 0 Å². The van der Waals surface area contributed by atoms with E-state index in [4.69, 9.17) is 5.73 Å². The first-order chi connectivity index (χ1) is 7.81. The number of hydrogen-bond acceptors (Lipinski definition) is 5. The van der Waals surface area contributed by atoms with Crippen molar-refractivity contribution in [3.05, 3.63) is 11.9 Å². The second kappa shape index (κ2) is 5.31. The van der Waals surface area contributed by atoms with Gasteiger partial charge >= 0.3 is 0 Å². The highest BCUT2D eigenvalue weighted by Gasteiger charge is 2.20. The van der Waals surface area contributed by atoms with Gasteiger partial charge in [-0.05, 0) is 0 Å². The zero-order chi connectivity index (χ0) is 11.4. The summed E-state index contributed by atoms with van der Waals surface area (Å²) in [6, 6.07) is 0. The quantitative estimate of drug-likeness (QED) is 0.766. The van der Waals surface area contributed by atoms with Crippen molar-refractivity contribution in [3.8, 4) is 0 Å². The van der Waals surface area contributed by atoms with Crippen LogP contribution in [0.15, 0.2) is 6.20 Å². The summed E-state index contributed by atoms with van der Waals surface area (Å²) in [5.74, 6) is 1.98. The summed E-state index contributed by atoms with van der Waals surface area (Å²) in [6.07, 6.45) is 1.66. The maximum absolute atomic E-state index is 12.0. The number of carbonyl (C=O) groups excluding carboxylic acids is 1. The predicted octanol–water partition coefficient (Wildman–Crippen LogP) is -0.574. The summed E-state index contributed by atoms with van der Waals surface area (Å²) in [5.41, 5.74) is 5.82. The molecule has 7 heteroatoms. The van der Waals surface area contributed by atoms with Crippen LogP contribution < -0.4 is 5.73 Å². The highest BCUT2D eigenvalue weighted by Crippen LogP contribution is 2.11. The molecule has 1 aromatic heterocycles. The van der Waals surface area contributed by atoms with E-state index in [0.29, 0.717) is 18.8 Å². The Kier molecular flexibility index (Phi) is 3.79. The van der Waals surface area contributed by atoms with E-state index >= 15 is 0 Å². The molecule has 88 valence electrons. The van der Waals surface area contributed by atoms with Crippen molar-refractivity contribution in [2.24, 2.45) is 5.73 Å². The van der Waals surface area contributed by atoms with Crippen LogP contribution in [0.5, 0.6) is 0 Å². The van der Waals surface area contributed by atoms with Crippen molar-refractivity contribution in [2.45, 2.75) is 6.54 Å². The molecular weight excluding hydrogens is 226 g/mol. The number of rotatable bonds is 3. The molecule has 1 saturated heterocycles. The van der Waals surface area contributed by atoms with Gasteiger partial charge in [-0.25, -0.2) is 0 Å². The van der Waals surface area contributed by atoms with Crippen LogP contribution in [-0.4, -0.2) is 56.9 Å². The lowest BCUT2D eigenvalue weighted by atomic mass is 10.3. The minimum absolute atomic E-state index is 0.0245. The fourth-order valence-electron chi connectivity index (χ4n) is 1.57. The molecule has 1 amide bonds. The van der Waals surface area contributed by atoms with Crippen LogP contribution in [-0.2, 0) is 6.54 Å². The maximum Gasteiger partial charge on any atom is 0.276 e. The van der Waals surface area contributed by atoms with Crippen molar-refractivity contribution < 1.29 is 4.79 Å². The number of thioether (sulfide) groups is 1. The average Bonchev–Trinajstić information content (AvgIpc) is 2.78. The van der Waals surface area contributed by atoms with Crippen molar-refractivity contribution >= 4 is 17.7 Å². The van der Waals surface area contributed by atoms with Crippen molar-refractivity contribution in [3.63, 3.8) is 0 Å². The second-order valence-corrected chi connectivity index (χ2v) is 4.78. The number of carbonyl (C=O) groups is 1. The van der Waals surface area contributed by atoms with Gasteiger partial charge in [0, 0.05) is 31.1 Å². The monoisotopic (exact) mass is 241 g/mol. The maximum atomic E-state index is 12.0. The number of hydrogen-bond donors (Lipinski definition) is 1. The van der Waals surface area contributed by atoms with Gasteiger partial charge in [-0.2, -0.15) is 11.8 Å². The van der Waals surface area contributed by atoms with Gasteiger partial charge in [0.05, 0.1) is 12.7 Å². The van der Waals surface area contributed by atoms with Crippen LogP contribution >= 0.6 is 11.8 Å². The molecule has 0 unspecified atom stereocenters. The Morgan fingerprint density at radius 3 is 2.94 bits per heavy atom. The molecular formula is C9H15N5OS. The number of amides is 1. The first-order valence-electron chi connectivity index (χ1n) is 5.28. The van der Waals surface area contributed by atoms with Gasteiger partial charge in [-0.15, -0.1) is 5.10 Å². The fraction of sp³-hybridized carbons (Fsp3) is 0.667. The number of nitrogens with zero attached hydrogens (tertiary/aromatic N) is 4. The molecule has 0 saturated carbocycles. The van der Waals surface area contributed by atoms with E-state index in [2.05, 4.69) is 10.3 Å². The lowest BCUT2D eigenvalue weighted by Gasteiger charge is -2.25. The Balaban J connectivity index is 2.01. The molecule has 1 fully saturated rings. The van der Waals surface area contributed by atoms with Gasteiger partial charge in [0.25, 0.3) is 5.91 Å². The highest BCUT2D eigenvalue weighted by atomic mass is 32.2. The summed E-state index contributed by atoms with van der Waals surface area (Å²) >= 11 is 1.87. The summed E-state index contributed by atoms with van der Waals surface area (Å²) < 4.78 is 1.60. The molecule has 2 N–H and O–H groups in total. The van der Waals surface area contributed by atoms with Crippen LogP contribution in [0.2, 0.25) is 0 Å². The van der Waals surface area contributed by atoms with Crippen LogP contribution in [0.4, 0.5) is 0 Å². The summed E-state index contributed by atoms with van der Waals surface area (Å²) in [7, 11) is 0. The van der Waals surface area contributed by atoms with Gasteiger partial charge in [0.15, 0.2) is 5.69 Å². The molecule has 16 heavy (non-hydrogen) atoms. The van der Waals surface area contributed by atoms with Crippen LogP contribution in [0, 0.1) is 0 Å². The molecule has 1 aromatic rings. The van der Waals surface area contributed by atoms with Gasteiger partial charge in [-0.1, -0.05) is 5.21 Å². The van der Waals surface area contributed by atoms with Crippen LogP contribution in [0.25, 0.3) is 0 Å². The van der Waals surface area contributed by atoms with E-state index in [9.17, 15) is 4.79 Å². The molecule has 0 aromatic carbocycles. The SMILES string of the molecule is NCCn1cc(C(=O)N2CCSCC2)nn1. The minimum Gasteiger partial charge on any atom is -0.336 e. The standard InChI is InChI=1S/C9H15N5OS/c10-1-2-14-7-8(11-12-14)9(15)13-3-5-16-6-4-13/h7H,1-6,10H2. The van der Waals surface area contributed by atoms with Gasteiger partial charge in [-0.3, -0.25) is 9.48 Å². The Morgan fingerprint density at radius 2 is 2.25 bits per heavy atom. The average molecular weight is 241 g/mol. The van der Waals surface area contributed by atoms with E-state index in [1.165, 1.54) is 0 Å². The zero-order valence-electron chi connectivity index (χ0n) is 9.00. The molecule has 2 heterocycles. The first kappa shape index (κ1) is 11.4. The van der Waals surface area contributed by atoms with E-state index in [1.807, 2.05) is 16.7 Å². The minimum atomic E-state index is -0.0245. The van der Waals surface area contributed by atoms with Crippen LogP contribution in [0.3, 0.4) is 0 Å². The third-order valence-electron chi connectivity index (χ3n) is 2.41. The molecule has 0 atom stereocenters. The van der Waals surface area contributed by atoms with Crippen molar-refractivity contribution in [1.82, 2.24) is 19.9 Å². The first-order valence-corrected chi connectivity index (χ1v) is 6.44. The second-order valence-electron chi connectivity index (χ2n) is 3.56. The molecule has 6 nitrogen and oxygen atoms in total. The number of aromatic nitrogens is 3. The van der Waals surface area contributed by atoms with Crippen molar-refractivity contribution in [1.29, 1.82) is 0 Å². The third-order valence-corrected chi connectivity index (χ3v) is 3.36. The van der Waals surface area contributed by atoms with Gasteiger partial charge < -0.3 is 10.6 Å². The molecule has 0 radical (unpaired) electrons. The summed E-state index contributed by atoms with van der Waals surface area (Å²) in [5, 5.41) is 7.73. The van der Waals surface area contributed by atoms with E-state index in [-0.39, 0.29) is 5.91 Å². The smallest absolute Gasteiger partial charge is 0.276 e. The third kappa shape index (κ3) is 2.53.